The molecule has 2 aromatic carbocycles. The van der Waals surface area contributed by atoms with Gasteiger partial charge in [-0.2, -0.15) is 5.10 Å². The molecular weight excluding hydrogens is 392 g/mol. The lowest BCUT2D eigenvalue weighted by molar-refractivity contribution is -0.120. The Labute approximate surface area is 151 Å². The molecule has 0 spiro atoms. The van der Waals surface area contributed by atoms with Gasteiger partial charge < -0.3 is 18.9 Å². The highest BCUT2D eigenvalue weighted by molar-refractivity contribution is 9.10. The summed E-state index contributed by atoms with van der Waals surface area (Å²) in [6.07, 6.45) is 1.74. The van der Waals surface area contributed by atoms with E-state index < -0.39 is 0 Å². The number of amides is 1. The zero-order valence-corrected chi connectivity index (χ0v) is 14.5. The molecule has 4 rings (SSSR count). The lowest BCUT2D eigenvalue weighted by Gasteiger charge is -2.03. The van der Waals surface area contributed by atoms with Crippen molar-refractivity contribution in [1.29, 1.82) is 0 Å². The van der Waals surface area contributed by atoms with E-state index in [1.165, 1.54) is 0 Å². The number of hydrogen-bond acceptors (Lipinski definition) is 6. The van der Waals surface area contributed by atoms with Gasteiger partial charge in [-0.05, 0) is 45.8 Å². The molecule has 0 aromatic heterocycles. The van der Waals surface area contributed by atoms with Crippen LogP contribution in [0.4, 0.5) is 0 Å². The molecule has 0 bridgehead atoms. The number of ether oxygens (including phenoxy) is 4. The van der Waals surface area contributed by atoms with E-state index in [-0.39, 0.29) is 25.9 Å². The maximum Gasteiger partial charge on any atom is 0.244 e. The zero-order valence-electron chi connectivity index (χ0n) is 13.0. The molecule has 2 aliphatic rings. The van der Waals surface area contributed by atoms with Gasteiger partial charge in [-0.15, -0.1) is 0 Å². The number of carbonyl (C=O) groups is 1. The first-order chi connectivity index (χ1) is 12.2. The molecule has 2 aromatic rings. The molecule has 0 unspecified atom stereocenters. The Morgan fingerprint density at radius 2 is 1.72 bits per heavy atom. The van der Waals surface area contributed by atoms with E-state index in [4.69, 9.17) is 18.9 Å². The summed E-state index contributed by atoms with van der Waals surface area (Å²) >= 11 is 3.43. The smallest absolute Gasteiger partial charge is 0.244 e. The standard InChI is InChI=1S/C17H13BrN2O5/c18-12-6-16-15(24-9-25-16)5-11(12)7-19-20-17(21)4-10-1-2-13-14(3-10)23-8-22-13/h1-3,5-7H,4,8-9H2,(H,20,21)/b19-7-. The minimum absolute atomic E-state index is 0.191. The second-order valence-corrected chi connectivity index (χ2v) is 6.24. The number of hydrogen-bond donors (Lipinski definition) is 1. The monoisotopic (exact) mass is 404 g/mol. The van der Waals surface area contributed by atoms with E-state index >= 15 is 0 Å². The van der Waals surface area contributed by atoms with Crippen LogP contribution in [0, 0.1) is 0 Å². The van der Waals surface area contributed by atoms with Crippen LogP contribution >= 0.6 is 15.9 Å². The Morgan fingerprint density at radius 3 is 2.52 bits per heavy atom. The Kier molecular flexibility index (Phi) is 4.19. The molecule has 2 aliphatic heterocycles. The van der Waals surface area contributed by atoms with Crippen molar-refractivity contribution in [2.24, 2.45) is 5.10 Å². The average Bonchev–Trinajstić information content (AvgIpc) is 3.23. The van der Waals surface area contributed by atoms with E-state index in [0.717, 1.165) is 15.6 Å². The fourth-order valence-electron chi connectivity index (χ4n) is 2.48. The van der Waals surface area contributed by atoms with Gasteiger partial charge in [-0.25, -0.2) is 5.43 Å². The molecular formula is C17H13BrN2O5. The van der Waals surface area contributed by atoms with Crippen LogP contribution < -0.4 is 24.4 Å². The Hall–Kier alpha value is -2.74. The molecule has 128 valence electrons. The molecule has 0 saturated carbocycles. The lowest BCUT2D eigenvalue weighted by Crippen LogP contribution is -2.19. The number of hydrazone groups is 1. The van der Waals surface area contributed by atoms with Crippen LogP contribution in [-0.4, -0.2) is 25.7 Å². The van der Waals surface area contributed by atoms with Gasteiger partial charge in [-0.3, -0.25) is 4.79 Å². The van der Waals surface area contributed by atoms with Crippen LogP contribution in [0.1, 0.15) is 11.1 Å². The molecule has 25 heavy (non-hydrogen) atoms. The maximum atomic E-state index is 12.0. The molecule has 0 fully saturated rings. The van der Waals surface area contributed by atoms with E-state index in [0.29, 0.717) is 23.0 Å². The third-order valence-corrected chi connectivity index (χ3v) is 4.37. The van der Waals surface area contributed by atoms with E-state index in [9.17, 15) is 4.79 Å². The van der Waals surface area contributed by atoms with Gasteiger partial charge >= 0.3 is 0 Å². The highest BCUT2D eigenvalue weighted by atomic mass is 79.9. The summed E-state index contributed by atoms with van der Waals surface area (Å²) < 4.78 is 22.0. The first-order valence-electron chi connectivity index (χ1n) is 7.48. The van der Waals surface area contributed by atoms with Crippen LogP contribution in [0.3, 0.4) is 0 Å². The van der Waals surface area contributed by atoms with Gasteiger partial charge in [0.25, 0.3) is 0 Å². The minimum atomic E-state index is -0.230. The zero-order chi connectivity index (χ0) is 17.2. The Morgan fingerprint density at radius 1 is 1.04 bits per heavy atom. The van der Waals surface area contributed by atoms with Gasteiger partial charge in [0.1, 0.15) is 0 Å². The normalized spacial score (nSPS) is 14.1. The van der Waals surface area contributed by atoms with Gasteiger partial charge in [-0.1, -0.05) is 6.07 Å². The van der Waals surface area contributed by atoms with Crippen molar-refractivity contribution in [2.45, 2.75) is 6.42 Å². The van der Waals surface area contributed by atoms with E-state index in [1.54, 1.807) is 30.5 Å². The third kappa shape index (κ3) is 3.39. The quantitative estimate of drug-likeness (QED) is 0.625. The summed E-state index contributed by atoms with van der Waals surface area (Å²) in [5.74, 6) is 2.44. The van der Waals surface area contributed by atoms with Crippen molar-refractivity contribution in [2.75, 3.05) is 13.6 Å². The van der Waals surface area contributed by atoms with E-state index in [2.05, 4.69) is 26.5 Å². The highest BCUT2D eigenvalue weighted by Crippen LogP contribution is 2.36. The van der Waals surface area contributed by atoms with Gasteiger partial charge in [0.15, 0.2) is 23.0 Å². The average molecular weight is 405 g/mol. The molecule has 8 heteroatoms. The van der Waals surface area contributed by atoms with Crippen LogP contribution in [0.5, 0.6) is 23.0 Å². The van der Waals surface area contributed by atoms with Crippen molar-refractivity contribution >= 4 is 28.1 Å². The number of benzene rings is 2. The third-order valence-electron chi connectivity index (χ3n) is 3.69. The number of fused-ring (bicyclic) bond motifs is 2. The second kappa shape index (κ2) is 6.64. The first-order valence-corrected chi connectivity index (χ1v) is 8.28. The van der Waals surface area contributed by atoms with Crippen LogP contribution in [-0.2, 0) is 11.2 Å². The molecule has 0 atom stereocenters. The van der Waals surface area contributed by atoms with Crippen LogP contribution in [0.25, 0.3) is 0 Å². The molecule has 1 amide bonds. The first kappa shape index (κ1) is 15.8. The largest absolute Gasteiger partial charge is 0.454 e. The molecule has 0 aliphatic carbocycles. The fraction of sp³-hybridized carbons (Fsp3) is 0.176. The lowest BCUT2D eigenvalue weighted by atomic mass is 10.1. The highest BCUT2D eigenvalue weighted by Gasteiger charge is 2.16. The summed E-state index contributed by atoms with van der Waals surface area (Å²) in [5.41, 5.74) is 4.10. The van der Waals surface area contributed by atoms with Gasteiger partial charge in [0, 0.05) is 10.0 Å². The maximum absolute atomic E-state index is 12.0. The van der Waals surface area contributed by atoms with Crippen LogP contribution in [0.15, 0.2) is 39.9 Å². The van der Waals surface area contributed by atoms with E-state index in [1.807, 2.05) is 6.07 Å². The van der Waals surface area contributed by atoms with Crippen molar-refractivity contribution < 1.29 is 23.7 Å². The fourth-order valence-corrected chi connectivity index (χ4v) is 2.91. The number of nitrogens with zero attached hydrogens (tertiary/aromatic N) is 1. The predicted molar refractivity (Wildman–Crippen MR) is 92.3 cm³/mol. The number of nitrogens with one attached hydrogen (secondary N) is 1. The van der Waals surface area contributed by atoms with Crippen molar-refractivity contribution in [1.82, 2.24) is 5.43 Å². The second-order valence-electron chi connectivity index (χ2n) is 5.38. The number of rotatable bonds is 4. The topological polar surface area (TPSA) is 78.4 Å². The number of carbonyl (C=O) groups excluding carboxylic acids is 1. The summed E-state index contributed by atoms with van der Waals surface area (Å²) in [4.78, 5) is 12.0. The van der Waals surface area contributed by atoms with Gasteiger partial charge in [0.2, 0.25) is 19.5 Å². The summed E-state index contributed by atoms with van der Waals surface area (Å²) in [5, 5.41) is 3.99. The molecule has 2 heterocycles. The Bertz CT molecular complexity index is 868. The molecule has 0 radical (unpaired) electrons. The summed E-state index contributed by atoms with van der Waals surface area (Å²) in [6, 6.07) is 9.00. The molecule has 0 saturated heterocycles. The van der Waals surface area contributed by atoms with Crippen molar-refractivity contribution in [3.05, 3.63) is 45.9 Å². The van der Waals surface area contributed by atoms with Gasteiger partial charge in [0.05, 0.1) is 12.6 Å². The predicted octanol–water partition coefficient (Wildman–Crippen LogP) is 2.60. The molecule has 7 nitrogen and oxygen atoms in total. The van der Waals surface area contributed by atoms with Crippen LogP contribution in [0.2, 0.25) is 0 Å². The van der Waals surface area contributed by atoms with Crippen molar-refractivity contribution in [3.8, 4) is 23.0 Å². The number of halogens is 1. The summed E-state index contributed by atoms with van der Waals surface area (Å²) in [7, 11) is 0. The SMILES string of the molecule is O=C(Cc1ccc2c(c1)OCO2)N/N=C\c1cc2c(cc1Br)OCO2. The molecule has 1 N–H and O–H groups in total. The Balaban J connectivity index is 1.38. The minimum Gasteiger partial charge on any atom is -0.454 e. The summed E-state index contributed by atoms with van der Waals surface area (Å²) in [6.45, 7) is 0.411. The van der Waals surface area contributed by atoms with Crippen molar-refractivity contribution in [3.63, 3.8) is 0 Å².